The highest BCUT2D eigenvalue weighted by Gasteiger charge is 2.12. The topological polar surface area (TPSA) is 63.3 Å². The normalized spacial score (nSPS) is 15.0. The average Bonchev–Trinajstić information content (AvgIpc) is 2.16. The zero-order valence-electron chi connectivity index (χ0n) is 8.23. The van der Waals surface area contributed by atoms with Gasteiger partial charge < -0.3 is 10.6 Å². The van der Waals surface area contributed by atoms with E-state index in [4.69, 9.17) is 10.6 Å². The molecule has 3 N–H and O–H groups in total. The Morgan fingerprint density at radius 3 is 2.43 bits per heavy atom. The Morgan fingerprint density at radius 2 is 2.00 bits per heavy atom. The predicted molar refractivity (Wildman–Crippen MR) is 59.9 cm³/mol. The van der Waals surface area contributed by atoms with Crippen molar-refractivity contribution >= 4 is 13.7 Å². The first-order valence-corrected chi connectivity index (χ1v) is 6.14. The van der Waals surface area contributed by atoms with Crippen molar-refractivity contribution in [3.05, 3.63) is 29.8 Å². The molecule has 0 radical (unpaired) electrons. The molecule has 0 aliphatic heterocycles. The van der Waals surface area contributed by atoms with E-state index in [1.54, 1.807) is 0 Å². The van der Waals surface area contributed by atoms with Gasteiger partial charge in [0, 0.05) is 11.3 Å². The molecule has 0 aliphatic rings. The van der Waals surface area contributed by atoms with E-state index < -0.39 is 8.03 Å². The molecule has 78 valence electrons. The Hall–Kier alpha value is -0.790. The van der Waals surface area contributed by atoms with Gasteiger partial charge in [-0.3, -0.25) is 4.57 Å². The highest BCUT2D eigenvalue weighted by atomic mass is 31.1. The first kappa shape index (κ1) is 11.3. The summed E-state index contributed by atoms with van der Waals surface area (Å²) >= 11 is 0. The number of rotatable bonds is 4. The molecule has 4 heteroatoms. The third kappa shape index (κ3) is 3.17. The van der Waals surface area contributed by atoms with Gasteiger partial charge in [0.2, 0.25) is 0 Å². The van der Waals surface area contributed by atoms with Gasteiger partial charge in [-0.1, -0.05) is 19.1 Å². The molecule has 0 saturated carbocycles. The summed E-state index contributed by atoms with van der Waals surface area (Å²) in [4.78, 5) is 9.05. The van der Waals surface area contributed by atoms with Gasteiger partial charge in [0.05, 0.1) is 0 Å². The van der Waals surface area contributed by atoms with E-state index in [0.717, 1.165) is 17.7 Å². The van der Waals surface area contributed by atoms with Crippen LogP contribution in [0.2, 0.25) is 0 Å². The Kier molecular flexibility index (Phi) is 4.18. The number of hydrogen-bond donors (Lipinski definition) is 2. The monoisotopic (exact) mass is 213 g/mol. The number of anilines is 1. The van der Waals surface area contributed by atoms with Crippen molar-refractivity contribution in [3.8, 4) is 0 Å². The molecule has 3 nitrogen and oxygen atoms in total. The largest absolute Gasteiger partial charge is 0.399 e. The lowest BCUT2D eigenvalue weighted by Crippen LogP contribution is -2.04. The van der Waals surface area contributed by atoms with Crippen molar-refractivity contribution in [2.75, 3.05) is 5.73 Å². The van der Waals surface area contributed by atoms with Crippen LogP contribution in [-0.2, 0) is 11.0 Å². The fraction of sp³-hybridized carbons (Fsp3) is 0.400. The SMILES string of the molecule is CCC(Cc1ccc(N)cc1)[PH](=O)O. The van der Waals surface area contributed by atoms with Crippen LogP contribution in [0.1, 0.15) is 18.9 Å². The van der Waals surface area contributed by atoms with Gasteiger partial charge in [-0.05, 0) is 30.5 Å². The van der Waals surface area contributed by atoms with Crippen LogP contribution >= 0.6 is 8.03 Å². The second-order valence-electron chi connectivity index (χ2n) is 3.39. The summed E-state index contributed by atoms with van der Waals surface area (Å²) in [6.45, 7) is 1.93. The van der Waals surface area contributed by atoms with Crippen LogP contribution in [0.25, 0.3) is 0 Å². The smallest absolute Gasteiger partial charge is 0.192 e. The van der Waals surface area contributed by atoms with Crippen LogP contribution in [0, 0.1) is 0 Å². The van der Waals surface area contributed by atoms with Crippen LogP contribution in [0.15, 0.2) is 24.3 Å². The Balaban J connectivity index is 2.67. The molecular weight excluding hydrogens is 197 g/mol. The first-order valence-electron chi connectivity index (χ1n) is 4.70. The fourth-order valence-corrected chi connectivity index (χ4v) is 2.10. The summed E-state index contributed by atoms with van der Waals surface area (Å²) in [6.07, 6.45) is 1.39. The lowest BCUT2D eigenvalue weighted by molar-refractivity contribution is 0.485. The maximum Gasteiger partial charge on any atom is 0.192 e. The van der Waals surface area contributed by atoms with Gasteiger partial charge in [-0.2, -0.15) is 0 Å². The molecule has 0 aliphatic carbocycles. The van der Waals surface area contributed by atoms with E-state index in [-0.39, 0.29) is 5.66 Å². The number of nitrogen functional groups attached to an aromatic ring is 1. The molecule has 2 atom stereocenters. The maximum atomic E-state index is 11.0. The van der Waals surface area contributed by atoms with Crippen molar-refractivity contribution in [1.82, 2.24) is 0 Å². The zero-order chi connectivity index (χ0) is 10.6. The molecule has 0 spiro atoms. The second-order valence-corrected chi connectivity index (χ2v) is 4.88. The van der Waals surface area contributed by atoms with Gasteiger partial charge in [-0.25, -0.2) is 0 Å². The third-order valence-electron chi connectivity index (χ3n) is 2.30. The van der Waals surface area contributed by atoms with E-state index in [2.05, 4.69) is 0 Å². The molecular formula is C10H16NO2P. The molecule has 0 bridgehead atoms. The predicted octanol–water partition coefficient (Wildman–Crippen LogP) is 2.06. The van der Waals surface area contributed by atoms with Crippen molar-refractivity contribution in [3.63, 3.8) is 0 Å². The second kappa shape index (κ2) is 5.18. The van der Waals surface area contributed by atoms with Crippen LogP contribution in [-0.4, -0.2) is 10.6 Å². The molecule has 1 rings (SSSR count). The summed E-state index contributed by atoms with van der Waals surface area (Å²) in [5, 5.41) is 0. The fourth-order valence-electron chi connectivity index (χ4n) is 1.34. The number of nitrogens with two attached hydrogens (primary N) is 1. The van der Waals surface area contributed by atoms with Crippen molar-refractivity contribution in [1.29, 1.82) is 0 Å². The molecule has 0 fully saturated rings. The molecule has 0 amide bonds. The van der Waals surface area contributed by atoms with Gasteiger partial charge in [0.15, 0.2) is 8.03 Å². The van der Waals surface area contributed by atoms with Gasteiger partial charge in [-0.15, -0.1) is 0 Å². The van der Waals surface area contributed by atoms with Crippen molar-refractivity contribution in [2.24, 2.45) is 0 Å². The van der Waals surface area contributed by atoms with Crippen LogP contribution in [0.4, 0.5) is 5.69 Å². The van der Waals surface area contributed by atoms with Crippen LogP contribution < -0.4 is 5.73 Å². The number of benzene rings is 1. The van der Waals surface area contributed by atoms with Gasteiger partial charge >= 0.3 is 0 Å². The zero-order valence-corrected chi connectivity index (χ0v) is 9.23. The summed E-state index contributed by atoms with van der Waals surface area (Å²) in [7, 11) is -2.41. The molecule has 2 unspecified atom stereocenters. The van der Waals surface area contributed by atoms with Crippen molar-refractivity contribution in [2.45, 2.75) is 25.4 Å². The third-order valence-corrected chi connectivity index (χ3v) is 3.61. The maximum absolute atomic E-state index is 11.0. The lowest BCUT2D eigenvalue weighted by atomic mass is 10.1. The Bertz CT molecular complexity index is 310. The van der Waals surface area contributed by atoms with Crippen molar-refractivity contribution < 1.29 is 9.46 Å². The highest BCUT2D eigenvalue weighted by Crippen LogP contribution is 2.28. The average molecular weight is 213 g/mol. The Labute approximate surface area is 84.8 Å². The molecule has 14 heavy (non-hydrogen) atoms. The van der Waals surface area contributed by atoms with E-state index in [9.17, 15) is 4.57 Å². The molecule has 0 heterocycles. The minimum absolute atomic E-state index is 0.108. The molecule has 0 aromatic heterocycles. The summed E-state index contributed by atoms with van der Waals surface area (Å²) in [6, 6.07) is 7.44. The van der Waals surface area contributed by atoms with Gasteiger partial charge in [0.25, 0.3) is 0 Å². The highest BCUT2D eigenvalue weighted by molar-refractivity contribution is 7.38. The van der Waals surface area contributed by atoms with Crippen LogP contribution in [0.5, 0.6) is 0 Å². The summed E-state index contributed by atoms with van der Waals surface area (Å²) < 4.78 is 11.0. The van der Waals surface area contributed by atoms with E-state index in [0.29, 0.717) is 6.42 Å². The Morgan fingerprint density at radius 1 is 1.43 bits per heavy atom. The summed E-state index contributed by atoms with van der Waals surface area (Å²) in [5.41, 5.74) is 7.23. The van der Waals surface area contributed by atoms with E-state index in [1.165, 1.54) is 0 Å². The molecule has 0 saturated heterocycles. The molecule has 1 aromatic carbocycles. The first-order chi connectivity index (χ1) is 6.63. The molecule has 1 aromatic rings. The number of hydrogen-bond acceptors (Lipinski definition) is 2. The van der Waals surface area contributed by atoms with E-state index >= 15 is 0 Å². The van der Waals surface area contributed by atoms with E-state index in [1.807, 2.05) is 31.2 Å². The summed E-state index contributed by atoms with van der Waals surface area (Å²) in [5.74, 6) is 0. The van der Waals surface area contributed by atoms with Crippen LogP contribution in [0.3, 0.4) is 0 Å². The quantitative estimate of drug-likeness (QED) is 0.594. The van der Waals surface area contributed by atoms with Gasteiger partial charge in [0.1, 0.15) is 0 Å². The standard InChI is InChI=1S/C10H16NO2P/c1-2-10(14(12)13)7-8-3-5-9(11)6-4-8/h3-6,10,14H,2,7,11H2,1H3,(H,12,13). The lowest BCUT2D eigenvalue weighted by Gasteiger charge is -2.10. The minimum atomic E-state index is -2.41. The minimum Gasteiger partial charge on any atom is -0.399 e.